The van der Waals surface area contributed by atoms with Gasteiger partial charge in [-0.3, -0.25) is 9.59 Å². The predicted octanol–water partition coefficient (Wildman–Crippen LogP) is 5.40. The van der Waals surface area contributed by atoms with Gasteiger partial charge in [-0.15, -0.1) is 0 Å². The van der Waals surface area contributed by atoms with Crippen LogP contribution in [-0.2, 0) is 0 Å². The summed E-state index contributed by atoms with van der Waals surface area (Å²) in [5, 5.41) is 8.07. The Hall–Kier alpha value is -3.15. The number of halogens is 2. The zero-order valence-electron chi connectivity index (χ0n) is 15.4. The zero-order valence-corrected chi connectivity index (χ0v) is 17.0. The maximum absolute atomic E-state index is 12.2. The minimum absolute atomic E-state index is 0.227. The van der Waals surface area contributed by atoms with Crippen LogP contribution in [0.2, 0.25) is 10.0 Å². The molecule has 0 aliphatic heterocycles. The number of hydrogen-bond acceptors (Lipinski definition) is 3. The standard InChI is InChI=1S/C22H17Cl2N3O2/c1-14(26-27-22(29)17-4-10-19(24)11-5-17)15-6-12-20(13-7-15)25-21(28)16-2-8-18(23)9-3-16/h2-13H,1H3,(H,25,28)(H,27,29). The molecule has 0 radical (unpaired) electrons. The summed E-state index contributed by atoms with van der Waals surface area (Å²) in [5.41, 5.74) is 5.58. The minimum Gasteiger partial charge on any atom is -0.322 e. The lowest BCUT2D eigenvalue weighted by Crippen LogP contribution is -2.19. The van der Waals surface area contributed by atoms with Gasteiger partial charge in [0.25, 0.3) is 11.8 Å². The number of rotatable bonds is 5. The van der Waals surface area contributed by atoms with Crippen LogP contribution in [0.3, 0.4) is 0 Å². The van der Waals surface area contributed by atoms with Gasteiger partial charge in [-0.1, -0.05) is 35.3 Å². The number of nitrogens with one attached hydrogen (secondary N) is 2. The van der Waals surface area contributed by atoms with Gasteiger partial charge in [-0.2, -0.15) is 5.10 Å². The smallest absolute Gasteiger partial charge is 0.271 e. The maximum atomic E-state index is 12.2. The molecule has 146 valence electrons. The van der Waals surface area contributed by atoms with E-state index in [2.05, 4.69) is 15.8 Å². The lowest BCUT2D eigenvalue weighted by Gasteiger charge is -2.07. The Morgan fingerprint density at radius 1 is 0.690 bits per heavy atom. The third-order valence-electron chi connectivity index (χ3n) is 4.10. The second-order valence-corrected chi connectivity index (χ2v) is 7.06. The summed E-state index contributed by atoms with van der Waals surface area (Å²) < 4.78 is 0. The molecular weight excluding hydrogens is 409 g/mol. The third kappa shape index (κ3) is 5.67. The van der Waals surface area contributed by atoms with E-state index < -0.39 is 0 Å². The Kier molecular flexibility index (Phi) is 6.65. The molecule has 0 aliphatic carbocycles. The van der Waals surface area contributed by atoms with Crippen molar-refractivity contribution < 1.29 is 9.59 Å². The van der Waals surface area contributed by atoms with Crippen LogP contribution in [0.5, 0.6) is 0 Å². The monoisotopic (exact) mass is 425 g/mol. The summed E-state index contributed by atoms with van der Waals surface area (Å²) in [6.07, 6.45) is 0. The Morgan fingerprint density at radius 3 is 1.66 bits per heavy atom. The van der Waals surface area contributed by atoms with Crippen molar-refractivity contribution in [3.63, 3.8) is 0 Å². The predicted molar refractivity (Wildman–Crippen MR) is 117 cm³/mol. The van der Waals surface area contributed by atoms with Crippen molar-refractivity contribution in [2.75, 3.05) is 5.32 Å². The van der Waals surface area contributed by atoms with E-state index in [0.717, 1.165) is 5.56 Å². The van der Waals surface area contributed by atoms with Gasteiger partial charge < -0.3 is 5.32 Å². The van der Waals surface area contributed by atoms with Crippen molar-refractivity contribution in [1.82, 2.24) is 5.43 Å². The van der Waals surface area contributed by atoms with Crippen molar-refractivity contribution in [2.45, 2.75) is 6.92 Å². The first-order valence-electron chi connectivity index (χ1n) is 8.70. The Bertz CT molecular complexity index is 1040. The molecule has 0 aliphatic rings. The van der Waals surface area contributed by atoms with Crippen molar-refractivity contribution in [2.24, 2.45) is 5.10 Å². The third-order valence-corrected chi connectivity index (χ3v) is 4.60. The normalized spacial score (nSPS) is 11.1. The SMILES string of the molecule is CC(=NNC(=O)c1ccc(Cl)cc1)c1ccc(NC(=O)c2ccc(Cl)cc2)cc1. The van der Waals surface area contributed by atoms with Crippen LogP contribution >= 0.6 is 23.2 Å². The van der Waals surface area contributed by atoms with Crippen molar-refractivity contribution in [3.8, 4) is 0 Å². The van der Waals surface area contributed by atoms with Gasteiger partial charge >= 0.3 is 0 Å². The fourth-order valence-corrected chi connectivity index (χ4v) is 2.72. The zero-order chi connectivity index (χ0) is 20.8. The van der Waals surface area contributed by atoms with Crippen LogP contribution in [-0.4, -0.2) is 17.5 Å². The average Bonchev–Trinajstić information content (AvgIpc) is 2.73. The highest BCUT2D eigenvalue weighted by molar-refractivity contribution is 6.31. The van der Waals surface area contributed by atoms with E-state index in [1.54, 1.807) is 67.6 Å². The average molecular weight is 426 g/mol. The molecule has 0 bridgehead atoms. The van der Waals surface area contributed by atoms with Crippen LogP contribution in [0.4, 0.5) is 5.69 Å². The topological polar surface area (TPSA) is 70.6 Å². The fourth-order valence-electron chi connectivity index (χ4n) is 2.46. The van der Waals surface area contributed by atoms with E-state index in [9.17, 15) is 9.59 Å². The van der Waals surface area contributed by atoms with E-state index in [-0.39, 0.29) is 11.8 Å². The molecule has 2 N–H and O–H groups in total. The van der Waals surface area contributed by atoms with Crippen LogP contribution < -0.4 is 10.7 Å². The second-order valence-electron chi connectivity index (χ2n) is 6.18. The van der Waals surface area contributed by atoms with Crippen molar-refractivity contribution in [3.05, 3.63) is 99.5 Å². The van der Waals surface area contributed by atoms with Gasteiger partial charge in [0.2, 0.25) is 0 Å². The lowest BCUT2D eigenvalue weighted by molar-refractivity contribution is 0.0954. The summed E-state index contributed by atoms with van der Waals surface area (Å²) in [5.74, 6) is -0.553. The highest BCUT2D eigenvalue weighted by atomic mass is 35.5. The number of nitrogens with zero attached hydrogens (tertiary/aromatic N) is 1. The molecule has 29 heavy (non-hydrogen) atoms. The molecule has 0 saturated carbocycles. The summed E-state index contributed by atoms with van der Waals surface area (Å²) in [6.45, 7) is 1.78. The summed E-state index contributed by atoms with van der Waals surface area (Å²) >= 11 is 11.7. The molecule has 0 unspecified atom stereocenters. The van der Waals surface area contributed by atoms with Crippen molar-refractivity contribution >= 4 is 46.4 Å². The van der Waals surface area contributed by atoms with Gasteiger partial charge in [0, 0.05) is 26.9 Å². The van der Waals surface area contributed by atoms with Crippen LogP contribution in [0, 0.1) is 0 Å². The summed E-state index contributed by atoms with van der Waals surface area (Å²) in [4.78, 5) is 24.3. The molecule has 0 atom stereocenters. The maximum Gasteiger partial charge on any atom is 0.271 e. The number of carbonyl (C=O) groups is 2. The summed E-state index contributed by atoms with van der Waals surface area (Å²) in [6, 6.07) is 20.3. The molecule has 0 spiro atoms. The first kappa shape index (κ1) is 20.6. The fraction of sp³-hybridized carbons (Fsp3) is 0.0455. The van der Waals surface area contributed by atoms with Gasteiger partial charge in [-0.05, 0) is 73.2 Å². The quantitative estimate of drug-likeness (QED) is 0.424. The molecule has 0 fully saturated rings. The second kappa shape index (κ2) is 9.37. The largest absolute Gasteiger partial charge is 0.322 e. The number of amides is 2. The van der Waals surface area contributed by atoms with Crippen LogP contribution in [0.1, 0.15) is 33.2 Å². The molecule has 2 amide bonds. The summed E-state index contributed by atoms with van der Waals surface area (Å²) in [7, 11) is 0. The molecule has 0 aromatic heterocycles. The Morgan fingerprint density at radius 2 is 1.14 bits per heavy atom. The number of hydrazone groups is 1. The first-order chi connectivity index (χ1) is 13.9. The number of anilines is 1. The Balaban J connectivity index is 1.62. The molecule has 3 aromatic rings. The van der Waals surface area contributed by atoms with Gasteiger partial charge in [-0.25, -0.2) is 5.43 Å². The van der Waals surface area contributed by atoms with Crippen LogP contribution in [0.15, 0.2) is 77.9 Å². The molecule has 3 rings (SSSR count). The van der Waals surface area contributed by atoms with Gasteiger partial charge in [0.15, 0.2) is 0 Å². The number of carbonyl (C=O) groups excluding carboxylic acids is 2. The van der Waals surface area contributed by atoms with E-state index in [4.69, 9.17) is 23.2 Å². The molecule has 5 nitrogen and oxygen atoms in total. The number of hydrogen-bond donors (Lipinski definition) is 2. The van der Waals surface area contributed by atoms with E-state index in [1.165, 1.54) is 0 Å². The van der Waals surface area contributed by atoms with E-state index >= 15 is 0 Å². The molecule has 0 saturated heterocycles. The first-order valence-corrected chi connectivity index (χ1v) is 9.45. The minimum atomic E-state index is -0.326. The molecule has 3 aromatic carbocycles. The van der Waals surface area contributed by atoms with Gasteiger partial charge in [0.05, 0.1) is 5.71 Å². The Labute approximate surface area is 178 Å². The lowest BCUT2D eigenvalue weighted by atomic mass is 10.1. The number of benzene rings is 3. The molecular formula is C22H17Cl2N3O2. The van der Waals surface area contributed by atoms with Crippen LogP contribution in [0.25, 0.3) is 0 Å². The molecule has 7 heteroatoms. The van der Waals surface area contributed by atoms with E-state index in [0.29, 0.717) is 32.6 Å². The highest BCUT2D eigenvalue weighted by Gasteiger charge is 2.07. The van der Waals surface area contributed by atoms with E-state index in [1.807, 2.05) is 12.1 Å². The molecule has 0 heterocycles. The van der Waals surface area contributed by atoms with Crippen molar-refractivity contribution in [1.29, 1.82) is 0 Å². The van der Waals surface area contributed by atoms with Gasteiger partial charge in [0.1, 0.15) is 0 Å². The highest BCUT2D eigenvalue weighted by Crippen LogP contribution is 2.14.